The molecule has 0 atom stereocenters. The highest BCUT2D eigenvalue weighted by atomic mass is 32.1. The average molecular weight is 395 g/mol. The van der Waals surface area contributed by atoms with Gasteiger partial charge in [0.05, 0.1) is 18.0 Å². The van der Waals surface area contributed by atoms with Crippen LogP contribution in [0.1, 0.15) is 11.9 Å². The van der Waals surface area contributed by atoms with Crippen LogP contribution in [0.5, 0.6) is 5.88 Å². The Kier molecular flexibility index (Phi) is 6.42. The molecule has 0 spiro atoms. The maximum absolute atomic E-state index is 12.3. The topological polar surface area (TPSA) is 109 Å². The number of hydrazone groups is 1. The Morgan fingerprint density at radius 3 is 2.46 bits per heavy atom. The lowest BCUT2D eigenvalue weighted by atomic mass is 10.3. The Hall–Kier alpha value is -3.59. The summed E-state index contributed by atoms with van der Waals surface area (Å²) < 4.78 is 5.05. The van der Waals surface area contributed by atoms with Crippen LogP contribution in [0, 0.1) is 0 Å². The van der Waals surface area contributed by atoms with E-state index >= 15 is 0 Å². The summed E-state index contributed by atoms with van der Waals surface area (Å²) in [5.41, 5.74) is 4.04. The number of azo groups is 1. The van der Waals surface area contributed by atoms with E-state index in [9.17, 15) is 9.90 Å². The van der Waals surface area contributed by atoms with Gasteiger partial charge in [0.2, 0.25) is 10.7 Å². The molecule has 2 N–H and O–H groups in total. The molecular formula is C19H17N5O3S. The van der Waals surface area contributed by atoms with Gasteiger partial charge in [-0.25, -0.2) is 4.79 Å². The van der Waals surface area contributed by atoms with Crippen molar-refractivity contribution in [2.75, 3.05) is 12.0 Å². The Morgan fingerprint density at radius 2 is 1.79 bits per heavy atom. The molecule has 0 amide bonds. The highest BCUT2D eigenvalue weighted by Gasteiger charge is 2.22. The minimum atomic E-state index is -0.661. The Balaban J connectivity index is 1.87. The number of rotatable bonds is 7. The number of para-hydroxylation sites is 1. The third kappa shape index (κ3) is 4.98. The second kappa shape index (κ2) is 9.38. The first-order valence-electron chi connectivity index (χ1n) is 8.40. The van der Waals surface area contributed by atoms with Gasteiger partial charge in [0.1, 0.15) is 0 Å². The molecule has 0 aliphatic rings. The number of nitrogens with zero attached hydrogens (tertiary/aromatic N) is 4. The van der Waals surface area contributed by atoms with Crippen LogP contribution in [0.15, 0.2) is 76.0 Å². The van der Waals surface area contributed by atoms with E-state index in [1.165, 1.54) is 0 Å². The van der Waals surface area contributed by atoms with Crippen LogP contribution in [0.4, 0.5) is 16.4 Å². The Bertz CT molecular complexity index is 987. The highest BCUT2D eigenvalue weighted by molar-refractivity contribution is 7.18. The number of hydrogen-bond acceptors (Lipinski definition) is 9. The van der Waals surface area contributed by atoms with Crippen LogP contribution in [0.2, 0.25) is 0 Å². The lowest BCUT2D eigenvalue weighted by molar-refractivity contribution is -0.134. The van der Waals surface area contributed by atoms with Gasteiger partial charge in [-0.15, -0.1) is 10.2 Å². The van der Waals surface area contributed by atoms with Crippen LogP contribution in [0.25, 0.3) is 0 Å². The molecule has 0 saturated heterocycles. The zero-order valence-electron chi connectivity index (χ0n) is 14.9. The molecule has 2 aromatic carbocycles. The fourth-order valence-corrected chi connectivity index (χ4v) is 2.84. The molecule has 3 aromatic rings. The Labute approximate surface area is 165 Å². The summed E-state index contributed by atoms with van der Waals surface area (Å²) in [7, 11) is 0. The number of benzene rings is 2. The number of thiazole rings is 1. The standard InChI is InChI=1S/C19H17N5O3S/c1-2-27-19(26)15(23-21-13-9-5-3-6-10-13)17-20-16(25)18(28-17)24-22-14-11-7-4-8-12-14/h3-12,21,25H,2H2,1H3/b23-15+,24-22?. The molecule has 9 heteroatoms. The number of aromatic nitrogens is 1. The van der Waals surface area contributed by atoms with Gasteiger partial charge in [-0.2, -0.15) is 10.1 Å². The number of esters is 1. The summed E-state index contributed by atoms with van der Waals surface area (Å²) in [6.45, 7) is 1.88. The predicted octanol–water partition coefficient (Wildman–Crippen LogP) is 4.64. The molecule has 0 aliphatic carbocycles. The molecule has 0 fully saturated rings. The van der Waals surface area contributed by atoms with E-state index in [4.69, 9.17) is 4.74 Å². The van der Waals surface area contributed by atoms with Gasteiger partial charge in [-0.1, -0.05) is 47.7 Å². The van der Waals surface area contributed by atoms with Gasteiger partial charge in [-0.05, 0) is 31.2 Å². The molecule has 1 aromatic heterocycles. The van der Waals surface area contributed by atoms with Crippen LogP contribution in [-0.2, 0) is 9.53 Å². The van der Waals surface area contributed by atoms with Crippen molar-refractivity contribution in [3.8, 4) is 5.88 Å². The normalized spacial score (nSPS) is 11.5. The van der Waals surface area contributed by atoms with Gasteiger partial charge in [0.25, 0.3) is 5.88 Å². The second-order valence-electron chi connectivity index (χ2n) is 5.34. The molecule has 28 heavy (non-hydrogen) atoms. The summed E-state index contributed by atoms with van der Waals surface area (Å²) in [4.78, 5) is 16.3. The number of aromatic hydroxyl groups is 1. The van der Waals surface area contributed by atoms with Gasteiger partial charge < -0.3 is 9.84 Å². The molecule has 0 aliphatic heterocycles. The van der Waals surface area contributed by atoms with E-state index in [0.717, 1.165) is 11.3 Å². The van der Waals surface area contributed by atoms with Crippen molar-refractivity contribution in [2.45, 2.75) is 6.92 Å². The van der Waals surface area contributed by atoms with Crippen molar-refractivity contribution < 1.29 is 14.6 Å². The molecule has 0 unspecified atom stereocenters. The summed E-state index contributed by atoms with van der Waals surface area (Å²) in [6, 6.07) is 18.2. The maximum Gasteiger partial charge on any atom is 0.361 e. The third-order valence-electron chi connectivity index (χ3n) is 3.35. The van der Waals surface area contributed by atoms with Gasteiger partial charge in [0, 0.05) is 0 Å². The predicted molar refractivity (Wildman–Crippen MR) is 108 cm³/mol. The first kappa shape index (κ1) is 19.2. The van der Waals surface area contributed by atoms with Gasteiger partial charge in [-0.3, -0.25) is 5.43 Å². The zero-order valence-corrected chi connectivity index (χ0v) is 15.8. The van der Waals surface area contributed by atoms with Crippen molar-refractivity contribution in [1.29, 1.82) is 0 Å². The summed E-state index contributed by atoms with van der Waals surface area (Å²) in [5.74, 6) is -0.998. The molecule has 8 nitrogen and oxygen atoms in total. The molecule has 0 radical (unpaired) electrons. The summed E-state index contributed by atoms with van der Waals surface area (Å²) in [6.07, 6.45) is 0. The monoisotopic (exact) mass is 395 g/mol. The van der Waals surface area contributed by atoms with Gasteiger partial charge in [0.15, 0.2) is 5.01 Å². The molecule has 0 saturated carbocycles. The number of anilines is 1. The number of ether oxygens (including phenoxy) is 1. The first-order valence-corrected chi connectivity index (χ1v) is 9.22. The number of carbonyl (C=O) groups is 1. The van der Waals surface area contributed by atoms with Gasteiger partial charge >= 0.3 is 5.97 Å². The number of nitrogens with one attached hydrogen (secondary N) is 1. The van der Waals surface area contributed by atoms with E-state index in [1.54, 1.807) is 31.2 Å². The van der Waals surface area contributed by atoms with Crippen molar-refractivity contribution in [2.24, 2.45) is 15.3 Å². The lowest BCUT2D eigenvalue weighted by Gasteiger charge is -2.04. The van der Waals surface area contributed by atoms with E-state index in [0.29, 0.717) is 11.4 Å². The lowest BCUT2D eigenvalue weighted by Crippen LogP contribution is -2.20. The quantitative estimate of drug-likeness (QED) is 0.262. The van der Waals surface area contributed by atoms with E-state index in [1.807, 2.05) is 36.4 Å². The first-order chi connectivity index (χ1) is 13.7. The van der Waals surface area contributed by atoms with E-state index in [-0.39, 0.29) is 28.2 Å². The summed E-state index contributed by atoms with van der Waals surface area (Å²) in [5, 5.41) is 22.6. The largest absolute Gasteiger partial charge is 0.491 e. The molecule has 142 valence electrons. The maximum atomic E-state index is 12.3. The summed E-state index contributed by atoms with van der Waals surface area (Å²) >= 11 is 0.983. The SMILES string of the molecule is CCOC(=O)/C(=N/Nc1ccccc1)c1nc(O)c(N=Nc2ccccc2)s1. The molecule has 1 heterocycles. The number of hydrogen-bond donors (Lipinski definition) is 2. The smallest absolute Gasteiger partial charge is 0.361 e. The molecule has 0 bridgehead atoms. The Morgan fingerprint density at radius 1 is 1.11 bits per heavy atom. The minimum absolute atomic E-state index is 0.0628. The fraction of sp³-hybridized carbons (Fsp3) is 0.105. The molecule has 3 rings (SSSR count). The van der Waals surface area contributed by atoms with Crippen molar-refractivity contribution in [1.82, 2.24) is 4.98 Å². The van der Waals surface area contributed by atoms with Crippen LogP contribution >= 0.6 is 11.3 Å². The second-order valence-corrected chi connectivity index (χ2v) is 6.32. The van der Waals surface area contributed by atoms with E-state index in [2.05, 4.69) is 25.7 Å². The third-order valence-corrected chi connectivity index (χ3v) is 4.28. The van der Waals surface area contributed by atoms with Crippen molar-refractivity contribution in [3.05, 3.63) is 65.7 Å². The fourth-order valence-electron chi connectivity index (χ4n) is 2.08. The van der Waals surface area contributed by atoms with Crippen molar-refractivity contribution in [3.63, 3.8) is 0 Å². The highest BCUT2D eigenvalue weighted by Crippen LogP contribution is 2.34. The van der Waals surface area contributed by atoms with Crippen LogP contribution in [0.3, 0.4) is 0 Å². The minimum Gasteiger partial charge on any atom is -0.491 e. The van der Waals surface area contributed by atoms with Crippen molar-refractivity contribution >= 4 is 39.4 Å². The average Bonchev–Trinajstić information content (AvgIpc) is 3.08. The molecular weight excluding hydrogens is 378 g/mol. The van der Waals surface area contributed by atoms with E-state index < -0.39 is 5.97 Å². The zero-order chi connectivity index (χ0) is 19.8. The van der Waals surface area contributed by atoms with Crippen LogP contribution in [-0.4, -0.2) is 28.4 Å². The number of carbonyl (C=O) groups excluding carboxylic acids is 1. The van der Waals surface area contributed by atoms with Crippen LogP contribution < -0.4 is 5.43 Å².